The first-order valence-electron chi connectivity index (χ1n) is 6.92. The number of methoxy groups -OCH3 is 3. The van der Waals surface area contributed by atoms with Crippen LogP contribution in [0.3, 0.4) is 0 Å². The molecule has 0 aliphatic heterocycles. The van der Waals surface area contributed by atoms with Gasteiger partial charge in [0.1, 0.15) is 6.10 Å². The number of aliphatic hydroxyl groups is 1. The normalized spacial score (nSPS) is 11.8. The van der Waals surface area contributed by atoms with Crippen molar-refractivity contribution >= 4 is 5.69 Å². The first-order chi connectivity index (χ1) is 11.5. The van der Waals surface area contributed by atoms with Crippen LogP contribution < -0.4 is 9.47 Å². The highest BCUT2D eigenvalue weighted by Crippen LogP contribution is 2.33. The molecule has 1 atom stereocenters. The lowest BCUT2D eigenvalue weighted by Crippen LogP contribution is -2.11. The number of aromatic nitrogens is 2. The highest BCUT2D eigenvalue weighted by Gasteiger charge is 2.27. The van der Waals surface area contributed by atoms with Gasteiger partial charge in [-0.2, -0.15) is 9.97 Å². The van der Waals surface area contributed by atoms with E-state index in [-0.39, 0.29) is 35.4 Å². The summed E-state index contributed by atoms with van der Waals surface area (Å²) in [4.78, 5) is 19.0. The van der Waals surface area contributed by atoms with Crippen LogP contribution in [0.15, 0.2) is 24.3 Å². The predicted octanol–water partition coefficient (Wildman–Crippen LogP) is 1.63. The number of aliphatic hydroxyl groups excluding tert-OH is 1. The van der Waals surface area contributed by atoms with Gasteiger partial charge in [-0.1, -0.05) is 6.07 Å². The average Bonchev–Trinajstić information content (AvgIpc) is 2.60. The third kappa shape index (κ3) is 3.58. The summed E-state index contributed by atoms with van der Waals surface area (Å²) in [7, 11) is 4.24. The molecule has 0 fully saturated rings. The van der Waals surface area contributed by atoms with E-state index in [0.717, 1.165) is 0 Å². The van der Waals surface area contributed by atoms with Crippen molar-refractivity contribution < 1.29 is 24.2 Å². The number of nitro benzene ring substituents is 1. The van der Waals surface area contributed by atoms with Gasteiger partial charge in [-0.25, -0.2) is 0 Å². The number of nitrogens with zero attached hydrogens (tertiary/aromatic N) is 3. The minimum Gasteiger partial charge on any atom is -0.481 e. The first-order valence-corrected chi connectivity index (χ1v) is 6.92. The molecule has 9 nitrogen and oxygen atoms in total. The monoisotopic (exact) mass is 335 g/mol. The number of benzene rings is 1. The molecular weight excluding hydrogens is 318 g/mol. The third-order valence-electron chi connectivity index (χ3n) is 3.29. The molecule has 0 amide bonds. The Morgan fingerprint density at radius 1 is 1.21 bits per heavy atom. The van der Waals surface area contributed by atoms with Gasteiger partial charge in [0.15, 0.2) is 5.82 Å². The van der Waals surface area contributed by atoms with Gasteiger partial charge in [-0.05, 0) is 12.1 Å². The Labute approximate surface area is 138 Å². The second kappa shape index (κ2) is 7.66. The van der Waals surface area contributed by atoms with Crippen LogP contribution in [0.4, 0.5) is 5.69 Å². The van der Waals surface area contributed by atoms with E-state index in [1.54, 1.807) is 12.1 Å². The number of hydrogen-bond acceptors (Lipinski definition) is 8. The Balaban J connectivity index is 2.55. The SMILES string of the molecule is COCc1cccc([C@H](O)c2nc(OC)cc(OC)n2)c1[N+](=O)[O-]. The van der Waals surface area contributed by atoms with Crippen LogP contribution in [-0.4, -0.2) is 41.3 Å². The van der Waals surface area contributed by atoms with Crippen molar-refractivity contribution in [3.05, 3.63) is 51.3 Å². The standard InChI is InChI=1S/C15H17N3O6/c1-22-8-9-5-4-6-10(13(9)18(20)21)14(19)15-16-11(23-2)7-12(17-15)24-3/h4-7,14,19H,8H2,1-3H3/t14-/m0/s1. The molecular formula is C15H17N3O6. The molecule has 0 aliphatic rings. The summed E-state index contributed by atoms with van der Waals surface area (Å²) < 4.78 is 15.0. The van der Waals surface area contributed by atoms with Crippen LogP contribution in [-0.2, 0) is 11.3 Å². The third-order valence-corrected chi connectivity index (χ3v) is 3.29. The fourth-order valence-corrected chi connectivity index (χ4v) is 2.22. The minimum absolute atomic E-state index is 0.0408. The second-order valence-corrected chi connectivity index (χ2v) is 4.76. The highest BCUT2D eigenvalue weighted by molar-refractivity contribution is 5.50. The van der Waals surface area contributed by atoms with Crippen molar-refractivity contribution in [2.45, 2.75) is 12.7 Å². The van der Waals surface area contributed by atoms with Gasteiger partial charge in [0, 0.05) is 7.11 Å². The number of hydrogen-bond donors (Lipinski definition) is 1. The molecule has 128 valence electrons. The summed E-state index contributed by atoms with van der Waals surface area (Å²) in [5.74, 6) is 0.280. The lowest BCUT2D eigenvalue weighted by molar-refractivity contribution is -0.387. The van der Waals surface area contributed by atoms with E-state index in [9.17, 15) is 15.2 Å². The summed E-state index contributed by atoms with van der Waals surface area (Å²) in [6.45, 7) is 0.0408. The zero-order chi connectivity index (χ0) is 17.7. The maximum atomic E-state index is 11.4. The Morgan fingerprint density at radius 3 is 2.33 bits per heavy atom. The molecule has 1 N–H and O–H groups in total. The van der Waals surface area contributed by atoms with Gasteiger partial charge in [-0.3, -0.25) is 10.1 Å². The Bertz CT molecular complexity index is 715. The fourth-order valence-electron chi connectivity index (χ4n) is 2.22. The Hall–Kier alpha value is -2.78. The van der Waals surface area contributed by atoms with Crippen molar-refractivity contribution in [1.29, 1.82) is 0 Å². The van der Waals surface area contributed by atoms with Crippen LogP contribution in [0.1, 0.15) is 23.1 Å². The maximum Gasteiger partial charge on any atom is 0.281 e. The minimum atomic E-state index is -1.42. The Kier molecular flexibility index (Phi) is 5.61. The summed E-state index contributed by atoms with van der Waals surface area (Å²) in [6, 6.07) is 6.03. The van der Waals surface area contributed by atoms with Crippen LogP contribution >= 0.6 is 0 Å². The molecule has 0 saturated carbocycles. The molecule has 1 aromatic carbocycles. The molecule has 2 rings (SSSR count). The van der Waals surface area contributed by atoms with Crippen LogP contribution in [0.25, 0.3) is 0 Å². The molecule has 1 aromatic heterocycles. The molecule has 9 heteroatoms. The topological polar surface area (TPSA) is 117 Å². The van der Waals surface area contributed by atoms with Crippen LogP contribution in [0.5, 0.6) is 11.8 Å². The molecule has 0 unspecified atom stereocenters. The van der Waals surface area contributed by atoms with E-state index in [1.807, 2.05) is 0 Å². The number of rotatable bonds is 7. The second-order valence-electron chi connectivity index (χ2n) is 4.76. The van der Waals surface area contributed by atoms with Gasteiger partial charge >= 0.3 is 0 Å². The van der Waals surface area contributed by atoms with E-state index < -0.39 is 11.0 Å². The van der Waals surface area contributed by atoms with Crippen molar-refractivity contribution in [3.63, 3.8) is 0 Å². The van der Waals surface area contributed by atoms with Crippen LogP contribution in [0, 0.1) is 10.1 Å². The highest BCUT2D eigenvalue weighted by atomic mass is 16.6. The molecule has 0 spiro atoms. The van der Waals surface area contributed by atoms with Gasteiger partial charge in [0.05, 0.1) is 42.9 Å². The van der Waals surface area contributed by atoms with Crippen molar-refractivity contribution in [1.82, 2.24) is 9.97 Å². The summed E-state index contributed by atoms with van der Waals surface area (Å²) in [5.41, 5.74) is 0.163. The molecule has 2 aromatic rings. The fraction of sp³-hybridized carbons (Fsp3) is 0.333. The smallest absolute Gasteiger partial charge is 0.281 e. The quantitative estimate of drug-likeness (QED) is 0.599. The molecule has 0 aliphatic carbocycles. The molecule has 0 radical (unpaired) electrons. The zero-order valence-electron chi connectivity index (χ0n) is 13.4. The van der Waals surface area contributed by atoms with Gasteiger partial charge in [-0.15, -0.1) is 0 Å². The lowest BCUT2D eigenvalue weighted by Gasteiger charge is -2.14. The molecule has 24 heavy (non-hydrogen) atoms. The predicted molar refractivity (Wildman–Crippen MR) is 83.0 cm³/mol. The number of ether oxygens (including phenoxy) is 3. The van der Waals surface area contributed by atoms with E-state index in [4.69, 9.17) is 14.2 Å². The van der Waals surface area contributed by atoms with Gasteiger partial charge in [0.2, 0.25) is 11.8 Å². The Morgan fingerprint density at radius 2 is 1.83 bits per heavy atom. The largest absolute Gasteiger partial charge is 0.481 e. The lowest BCUT2D eigenvalue weighted by atomic mass is 10.0. The van der Waals surface area contributed by atoms with Crippen molar-refractivity contribution in [2.24, 2.45) is 0 Å². The van der Waals surface area contributed by atoms with Gasteiger partial charge in [0.25, 0.3) is 5.69 Å². The number of nitro groups is 1. The first kappa shape index (κ1) is 17.6. The molecule has 0 saturated heterocycles. The molecule has 1 heterocycles. The van der Waals surface area contributed by atoms with Crippen LogP contribution in [0.2, 0.25) is 0 Å². The van der Waals surface area contributed by atoms with Gasteiger partial charge < -0.3 is 19.3 Å². The average molecular weight is 335 g/mol. The number of para-hydroxylation sites is 1. The molecule has 0 bridgehead atoms. The summed E-state index contributed by atoms with van der Waals surface area (Å²) >= 11 is 0. The van der Waals surface area contributed by atoms with E-state index in [0.29, 0.717) is 5.56 Å². The van der Waals surface area contributed by atoms with Crippen molar-refractivity contribution in [2.75, 3.05) is 21.3 Å². The maximum absolute atomic E-state index is 11.4. The summed E-state index contributed by atoms with van der Waals surface area (Å²) in [5, 5.41) is 22.0. The van der Waals surface area contributed by atoms with E-state index >= 15 is 0 Å². The van der Waals surface area contributed by atoms with E-state index in [2.05, 4.69) is 9.97 Å². The zero-order valence-corrected chi connectivity index (χ0v) is 13.4. The summed E-state index contributed by atoms with van der Waals surface area (Å²) in [6.07, 6.45) is -1.42. The van der Waals surface area contributed by atoms with E-state index in [1.165, 1.54) is 33.5 Å². The van der Waals surface area contributed by atoms with Crippen molar-refractivity contribution in [3.8, 4) is 11.8 Å².